The lowest BCUT2D eigenvalue weighted by atomic mass is 9.94. The average molecular weight is 425 g/mol. The molecular weight excluding hydrogens is 407 g/mol. The quantitative estimate of drug-likeness (QED) is 0.406. The van der Waals surface area contributed by atoms with Gasteiger partial charge in [-0.25, -0.2) is 12.8 Å². The van der Waals surface area contributed by atoms with Gasteiger partial charge in [-0.1, -0.05) is 18.2 Å². The third-order valence-corrected chi connectivity index (χ3v) is 6.30. The summed E-state index contributed by atoms with van der Waals surface area (Å²) in [7, 11) is -3.48. The van der Waals surface area contributed by atoms with Gasteiger partial charge in [-0.2, -0.15) is 5.26 Å². The van der Waals surface area contributed by atoms with Gasteiger partial charge < -0.3 is 0 Å². The lowest BCUT2D eigenvalue weighted by Gasteiger charge is -2.17. The van der Waals surface area contributed by atoms with Crippen molar-refractivity contribution in [3.05, 3.63) is 78.9 Å². The van der Waals surface area contributed by atoms with Gasteiger partial charge in [0.05, 0.1) is 10.5 Å². The van der Waals surface area contributed by atoms with E-state index in [1.165, 1.54) is 30.1 Å². The van der Waals surface area contributed by atoms with E-state index in [9.17, 15) is 18.1 Å². The van der Waals surface area contributed by atoms with E-state index in [4.69, 9.17) is 0 Å². The molecule has 4 nitrogen and oxygen atoms in total. The fourth-order valence-corrected chi connectivity index (χ4v) is 4.48. The van der Waals surface area contributed by atoms with E-state index in [0.717, 1.165) is 11.8 Å². The van der Waals surface area contributed by atoms with Gasteiger partial charge in [-0.05, 0) is 41.5 Å². The Morgan fingerprint density at radius 3 is 2.52 bits per heavy atom. The van der Waals surface area contributed by atoms with Gasteiger partial charge in [-0.3, -0.25) is 4.98 Å². The molecule has 0 saturated carbocycles. The zero-order valence-electron chi connectivity index (χ0n) is 15.6. The Morgan fingerprint density at radius 1 is 1.17 bits per heavy atom. The maximum absolute atomic E-state index is 13.5. The van der Waals surface area contributed by atoms with Crippen LogP contribution in [0, 0.1) is 17.1 Å². The summed E-state index contributed by atoms with van der Waals surface area (Å²) >= 11 is 1.43. The molecule has 0 amide bonds. The number of pyridine rings is 1. The van der Waals surface area contributed by atoms with Crippen LogP contribution in [0.4, 0.5) is 4.39 Å². The van der Waals surface area contributed by atoms with Crippen molar-refractivity contribution in [3.8, 4) is 28.3 Å². The summed E-state index contributed by atoms with van der Waals surface area (Å²) in [6.45, 7) is 3.73. The van der Waals surface area contributed by atoms with Gasteiger partial charge in [0.2, 0.25) is 0 Å². The monoisotopic (exact) mass is 424 g/mol. The topological polar surface area (TPSA) is 70.8 Å². The van der Waals surface area contributed by atoms with Crippen LogP contribution in [0.5, 0.6) is 0 Å². The fraction of sp³-hybridized carbons (Fsp3) is 0.0909. The SMILES string of the molecule is C=CCSc1cc(S(C)(=O)=O)cc(-c2ccc(F)cc2)c1-c1cncc(C#N)c1. The van der Waals surface area contributed by atoms with Crippen LogP contribution in [0.15, 0.2) is 77.3 Å². The molecule has 0 atom stereocenters. The first-order chi connectivity index (χ1) is 13.8. The highest BCUT2D eigenvalue weighted by atomic mass is 32.2. The van der Waals surface area contributed by atoms with E-state index < -0.39 is 9.84 Å². The van der Waals surface area contributed by atoms with Crippen molar-refractivity contribution in [1.29, 1.82) is 5.26 Å². The number of nitriles is 1. The second-order valence-corrected chi connectivity index (χ2v) is 9.37. The Morgan fingerprint density at radius 2 is 1.90 bits per heavy atom. The maximum atomic E-state index is 13.5. The highest BCUT2D eigenvalue weighted by molar-refractivity contribution is 7.99. The van der Waals surface area contributed by atoms with Crippen molar-refractivity contribution in [2.45, 2.75) is 9.79 Å². The molecule has 0 spiro atoms. The van der Waals surface area contributed by atoms with E-state index in [2.05, 4.69) is 17.6 Å². The van der Waals surface area contributed by atoms with Crippen LogP contribution in [-0.2, 0) is 9.84 Å². The van der Waals surface area contributed by atoms with Crippen LogP contribution < -0.4 is 0 Å². The molecule has 1 heterocycles. The summed E-state index contributed by atoms with van der Waals surface area (Å²) in [5, 5.41) is 9.26. The van der Waals surface area contributed by atoms with Crippen molar-refractivity contribution in [2.75, 3.05) is 12.0 Å². The van der Waals surface area contributed by atoms with Crippen LogP contribution in [0.1, 0.15) is 5.56 Å². The van der Waals surface area contributed by atoms with Gasteiger partial charge >= 0.3 is 0 Å². The number of sulfone groups is 1. The Bertz CT molecular complexity index is 1210. The number of thioether (sulfide) groups is 1. The lowest BCUT2D eigenvalue weighted by Crippen LogP contribution is -2.00. The second-order valence-electron chi connectivity index (χ2n) is 6.30. The van der Waals surface area contributed by atoms with Gasteiger partial charge in [0.1, 0.15) is 11.9 Å². The minimum absolute atomic E-state index is 0.163. The van der Waals surface area contributed by atoms with E-state index in [1.54, 1.807) is 42.6 Å². The molecule has 29 heavy (non-hydrogen) atoms. The minimum atomic E-state index is -3.48. The Hall–Kier alpha value is -2.95. The largest absolute Gasteiger partial charge is 0.263 e. The van der Waals surface area contributed by atoms with Gasteiger partial charge in [0, 0.05) is 40.4 Å². The minimum Gasteiger partial charge on any atom is -0.263 e. The summed E-state index contributed by atoms with van der Waals surface area (Å²) in [5.41, 5.74) is 3.08. The Kier molecular flexibility index (Phi) is 6.16. The number of rotatable bonds is 6. The van der Waals surface area contributed by atoms with Crippen molar-refractivity contribution < 1.29 is 12.8 Å². The van der Waals surface area contributed by atoms with Crippen LogP contribution in [0.3, 0.4) is 0 Å². The lowest BCUT2D eigenvalue weighted by molar-refractivity contribution is 0.601. The number of nitrogens with zero attached hydrogens (tertiary/aromatic N) is 2. The summed E-state index contributed by atoms with van der Waals surface area (Å²) in [4.78, 5) is 5.02. The predicted octanol–water partition coefficient (Wildman–Crippen LogP) is 5.11. The summed E-state index contributed by atoms with van der Waals surface area (Å²) in [6.07, 6.45) is 5.96. The molecule has 2 aromatic carbocycles. The van der Waals surface area contributed by atoms with E-state index >= 15 is 0 Å². The van der Waals surface area contributed by atoms with Crippen molar-refractivity contribution >= 4 is 21.6 Å². The third-order valence-electron chi connectivity index (χ3n) is 4.17. The number of hydrogen-bond donors (Lipinski definition) is 0. The van der Waals surface area contributed by atoms with E-state index in [1.807, 2.05) is 0 Å². The predicted molar refractivity (Wildman–Crippen MR) is 114 cm³/mol. The molecule has 0 aliphatic rings. The average Bonchev–Trinajstić information content (AvgIpc) is 2.71. The maximum Gasteiger partial charge on any atom is 0.175 e. The van der Waals surface area contributed by atoms with Crippen molar-refractivity contribution in [1.82, 2.24) is 4.98 Å². The van der Waals surface area contributed by atoms with Gasteiger partial charge in [0.15, 0.2) is 9.84 Å². The molecule has 146 valence electrons. The number of halogens is 1. The molecule has 0 fully saturated rings. The zero-order chi connectivity index (χ0) is 21.0. The molecule has 0 aliphatic heterocycles. The van der Waals surface area contributed by atoms with Crippen molar-refractivity contribution in [3.63, 3.8) is 0 Å². The Balaban J connectivity index is 2.39. The fourth-order valence-electron chi connectivity index (χ4n) is 2.86. The van der Waals surface area contributed by atoms with Crippen LogP contribution in [0.2, 0.25) is 0 Å². The number of aromatic nitrogens is 1. The molecular formula is C22H17FN2O2S2. The molecule has 0 radical (unpaired) electrons. The zero-order valence-corrected chi connectivity index (χ0v) is 17.2. The first kappa shape index (κ1) is 20.8. The molecule has 3 rings (SSSR count). The first-order valence-electron chi connectivity index (χ1n) is 8.56. The summed E-state index contributed by atoms with van der Waals surface area (Å²) in [5.74, 6) is 0.179. The summed E-state index contributed by atoms with van der Waals surface area (Å²) in [6, 6.07) is 12.8. The smallest absolute Gasteiger partial charge is 0.175 e. The van der Waals surface area contributed by atoms with Gasteiger partial charge in [0.25, 0.3) is 0 Å². The van der Waals surface area contributed by atoms with E-state index in [0.29, 0.717) is 32.9 Å². The Labute approximate surface area is 173 Å². The van der Waals surface area contributed by atoms with Crippen LogP contribution in [0.25, 0.3) is 22.3 Å². The second kappa shape index (κ2) is 8.60. The van der Waals surface area contributed by atoms with Crippen LogP contribution in [-0.4, -0.2) is 25.4 Å². The molecule has 0 unspecified atom stereocenters. The molecule has 0 bridgehead atoms. The first-order valence-corrected chi connectivity index (χ1v) is 11.4. The molecule has 1 aromatic heterocycles. The third kappa shape index (κ3) is 4.73. The highest BCUT2D eigenvalue weighted by Gasteiger charge is 2.19. The van der Waals surface area contributed by atoms with Crippen LogP contribution >= 0.6 is 11.8 Å². The normalized spacial score (nSPS) is 11.1. The molecule has 7 heteroatoms. The van der Waals surface area contributed by atoms with Crippen molar-refractivity contribution in [2.24, 2.45) is 0 Å². The molecule has 0 saturated heterocycles. The van der Waals surface area contributed by atoms with Gasteiger partial charge in [-0.15, -0.1) is 18.3 Å². The van der Waals surface area contributed by atoms with E-state index in [-0.39, 0.29) is 10.7 Å². The molecule has 0 aliphatic carbocycles. The number of benzene rings is 2. The molecule has 3 aromatic rings. The number of hydrogen-bond acceptors (Lipinski definition) is 5. The highest BCUT2D eigenvalue weighted by Crippen LogP contribution is 2.41. The summed E-state index contributed by atoms with van der Waals surface area (Å²) < 4.78 is 38.1. The molecule has 0 N–H and O–H groups in total. The standard InChI is InChI=1S/C22H17FN2O2S2/c1-3-8-28-21-11-19(29(2,26)27)10-20(16-4-6-18(23)7-5-16)22(21)17-9-15(12-24)13-25-14-17/h3-7,9-11,13-14H,1,8H2,2H3.